The van der Waals surface area contributed by atoms with Crippen molar-refractivity contribution in [1.29, 1.82) is 0 Å². The fourth-order valence-corrected chi connectivity index (χ4v) is 4.99. The quantitative estimate of drug-likeness (QED) is 0.547. The van der Waals surface area contributed by atoms with Gasteiger partial charge in [-0.2, -0.15) is 0 Å². The summed E-state index contributed by atoms with van der Waals surface area (Å²) in [6.07, 6.45) is 7.58. The number of nitrogens with zero attached hydrogens (tertiary/aromatic N) is 1. The summed E-state index contributed by atoms with van der Waals surface area (Å²) in [5.41, 5.74) is 1.35. The minimum atomic E-state index is 0. The SMILES string of the molecule is CC.CO.OC1CCC2(CC1)CN(CC1CC3(CNC3)C1)C2.[W]. The molecule has 2 saturated heterocycles. The van der Waals surface area contributed by atoms with E-state index in [1.807, 2.05) is 13.8 Å². The van der Waals surface area contributed by atoms with E-state index in [2.05, 4.69) is 10.2 Å². The first kappa shape index (κ1) is 21.6. The van der Waals surface area contributed by atoms with Crippen molar-refractivity contribution in [1.82, 2.24) is 10.2 Å². The van der Waals surface area contributed by atoms with Gasteiger partial charge in [-0.05, 0) is 55.3 Å². The topological polar surface area (TPSA) is 55.7 Å². The van der Waals surface area contributed by atoms with Gasteiger partial charge in [-0.1, -0.05) is 13.8 Å². The van der Waals surface area contributed by atoms with E-state index in [9.17, 15) is 5.11 Å². The van der Waals surface area contributed by atoms with E-state index in [1.165, 1.54) is 58.4 Å². The maximum absolute atomic E-state index is 9.59. The van der Waals surface area contributed by atoms with Crippen LogP contribution in [0, 0.1) is 16.7 Å². The summed E-state index contributed by atoms with van der Waals surface area (Å²) >= 11 is 0. The summed E-state index contributed by atoms with van der Waals surface area (Å²) in [6, 6.07) is 0. The van der Waals surface area contributed by atoms with Crippen LogP contribution in [0.15, 0.2) is 0 Å². The van der Waals surface area contributed by atoms with Gasteiger partial charge < -0.3 is 20.4 Å². The van der Waals surface area contributed by atoms with Crippen molar-refractivity contribution in [2.45, 2.75) is 58.5 Å². The van der Waals surface area contributed by atoms with Crippen molar-refractivity contribution in [2.75, 3.05) is 39.8 Å². The molecular formula is C18H36N2O2W. The Morgan fingerprint density at radius 1 is 1.00 bits per heavy atom. The third-order valence-corrected chi connectivity index (χ3v) is 6.09. The molecule has 3 N–H and O–H groups in total. The monoisotopic (exact) mass is 496 g/mol. The van der Waals surface area contributed by atoms with Gasteiger partial charge in [-0.3, -0.25) is 0 Å². The van der Waals surface area contributed by atoms with Crippen molar-refractivity contribution in [3.05, 3.63) is 0 Å². The van der Waals surface area contributed by atoms with E-state index in [1.54, 1.807) is 0 Å². The second-order valence-electron chi connectivity index (χ2n) is 7.78. The number of hydrogen-bond donors (Lipinski definition) is 3. The van der Waals surface area contributed by atoms with E-state index in [0.717, 1.165) is 31.3 Å². The van der Waals surface area contributed by atoms with Crippen LogP contribution in [0.25, 0.3) is 0 Å². The number of hydrogen-bond acceptors (Lipinski definition) is 4. The molecule has 2 aliphatic carbocycles. The van der Waals surface area contributed by atoms with E-state index in [0.29, 0.717) is 5.41 Å². The third kappa shape index (κ3) is 4.79. The Labute approximate surface area is 156 Å². The summed E-state index contributed by atoms with van der Waals surface area (Å²) in [4.78, 5) is 2.68. The molecule has 2 aliphatic heterocycles. The van der Waals surface area contributed by atoms with Crippen molar-refractivity contribution in [3.63, 3.8) is 0 Å². The Balaban J connectivity index is 0.000000494. The molecule has 4 rings (SSSR count). The molecule has 2 heterocycles. The second kappa shape index (κ2) is 9.29. The van der Waals surface area contributed by atoms with Crippen LogP contribution < -0.4 is 5.32 Å². The maximum atomic E-state index is 9.59. The summed E-state index contributed by atoms with van der Waals surface area (Å²) in [7, 11) is 1.00. The molecule has 0 aromatic heterocycles. The van der Waals surface area contributed by atoms with Crippen LogP contribution in [0.2, 0.25) is 0 Å². The van der Waals surface area contributed by atoms with E-state index in [4.69, 9.17) is 5.11 Å². The van der Waals surface area contributed by atoms with Gasteiger partial charge in [0.1, 0.15) is 0 Å². The zero-order valence-corrected chi connectivity index (χ0v) is 18.1. The number of nitrogens with one attached hydrogen (secondary N) is 1. The molecular weight excluding hydrogens is 460 g/mol. The Morgan fingerprint density at radius 3 is 1.96 bits per heavy atom. The summed E-state index contributed by atoms with van der Waals surface area (Å²) < 4.78 is 0. The average Bonchev–Trinajstić information content (AvgIpc) is 2.45. The molecule has 0 bridgehead atoms. The summed E-state index contributed by atoms with van der Waals surface area (Å²) in [5.74, 6) is 0.985. The van der Waals surface area contributed by atoms with Crippen molar-refractivity contribution in [3.8, 4) is 0 Å². The van der Waals surface area contributed by atoms with Crippen molar-refractivity contribution >= 4 is 0 Å². The fraction of sp³-hybridized carbons (Fsp3) is 1.00. The summed E-state index contributed by atoms with van der Waals surface area (Å²) in [6.45, 7) is 10.6. The first-order valence-electron chi connectivity index (χ1n) is 9.23. The van der Waals surface area contributed by atoms with Gasteiger partial charge in [-0.25, -0.2) is 0 Å². The third-order valence-electron chi connectivity index (χ3n) is 6.09. The van der Waals surface area contributed by atoms with Crippen LogP contribution in [0.4, 0.5) is 0 Å². The van der Waals surface area contributed by atoms with Gasteiger partial charge in [0, 0.05) is 60.9 Å². The van der Waals surface area contributed by atoms with Gasteiger partial charge >= 0.3 is 0 Å². The second-order valence-corrected chi connectivity index (χ2v) is 7.78. The number of likely N-dealkylation sites (tertiary alicyclic amines) is 1. The predicted molar refractivity (Wildman–Crippen MR) is 90.9 cm³/mol. The number of aliphatic hydroxyl groups is 2. The zero-order valence-electron chi connectivity index (χ0n) is 15.2. The van der Waals surface area contributed by atoms with Gasteiger partial charge in [0.05, 0.1) is 6.10 Å². The molecule has 0 aromatic carbocycles. The van der Waals surface area contributed by atoms with Crippen LogP contribution in [-0.4, -0.2) is 61.1 Å². The van der Waals surface area contributed by atoms with Crippen LogP contribution in [0.1, 0.15) is 52.4 Å². The maximum Gasteiger partial charge on any atom is 0.0540 e. The molecule has 2 saturated carbocycles. The molecule has 4 fully saturated rings. The average molecular weight is 496 g/mol. The van der Waals surface area contributed by atoms with Gasteiger partial charge in [0.15, 0.2) is 0 Å². The smallest absolute Gasteiger partial charge is 0.0540 e. The Morgan fingerprint density at radius 2 is 1.52 bits per heavy atom. The molecule has 0 aromatic rings. The van der Waals surface area contributed by atoms with Gasteiger partial charge in [0.25, 0.3) is 0 Å². The van der Waals surface area contributed by atoms with E-state index >= 15 is 0 Å². The zero-order chi connectivity index (χ0) is 16.2. The van der Waals surface area contributed by atoms with Crippen LogP contribution in [0.5, 0.6) is 0 Å². The van der Waals surface area contributed by atoms with Crippen LogP contribution in [0.3, 0.4) is 0 Å². The van der Waals surface area contributed by atoms with Crippen molar-refractivity contribution in [2.24, 2.45) is 16.7 Å². The summed E-state index contributed by atoms with van der Waals surface area (Å²) in [5, 5.41) is 20.0. The number of rotatable bonds is 2. The van der Waals surface area contributed by atoms with E-state index < -0.39 is 0 Å². The molecule has 23 heavy (non-hydrogen) atoms. The van der Waals surface area contributed by atoms with Crippen molar-refractivity contribution < 1.29 is 31.3 Å². The molecule has 0 atom stereocenters. The molecule has 5 heteroatoms. The molecule has 136 valence electrons. The Hall–Kier alpha value is 0.528. The molecule has 4 aliphatic rings. The first-order chi connectivity index (χ1) is 10.7. The molecule has 0 amide bonds. The largest absolute Gasteiger partial charge is 0.400 e. The fourth-order valence-electron chi connectivity index (χ4n) is 4.99. The first-order valence-corrected chi connectivity index (χ1v) is 9.23. The van der Waals surface area contributed by atoms with Crippen LogP contribution in [-0.2, 0) is 21.1 Å². The predicted octanol–water partition coefficient (Wildman–Crippen LogP) is 1.86. The minimum Gasteiger partial charge on any atom is -0.400 e. The standard InChI is InChI=1S/C15H26N2O.C2H6.CH4O.W/c18-13-1-3-14(4-2-13)10-17(11-14)7-12-5-15(6-12)8-16-9-15;2*1-2;/h12-13,16,18H,1-11H2;1-2H3;2H,1H3;. The van der Waals surface area contributed by atoms with E-state index in [-0.39, 0.29) is 27.2 Å². The molecule has 0 unspecified atom stereocenters. The molecule has 0 radical (unpaired) electrons. The normalized spacial score (nSPS) is 30.4. The Kier molecular flexibility index (Phi) is 8.71. The van der Waals surface area contributed by atoms with Gasteiger partial charge in [0.2, 0.25) is 0 Å². The minimum absolute atomic E-state index is 0. The Bertz CT molecular complexity index is 326. The molecule has 4 nitrogen and oxygen atoms in total. The molecule has 2 spiro atoms. The van der Waals surface area contributed by atoms with Gasteiger partial charge in [-0.15, -0.1) is 0 Å². The van der Waals surface area contributed by atoms with Crippen LogP contribution >= 0.6 is 0 Å². The number of aliphatic hydroxyl groups excluding tert-OH is 2.